The number of anilines is 2. The molecule has 3 rings (SSSR count). The Labute approximate surface area is 176 Å². The average Bonchev–Trinajstić information content (AvgIpc) is 3.14. The maximum absolute atomic E-state index is 13.8. The predicted octanol–water partition coefficient (Wildman–Crippen LogP) is 3.24. The number of halogens is 3. The van der Waals surface area contributed by atoms with Crippen molar-refractivity contribution in [1.82, 2.24) is 19.7 Å². The molecule has 2 aromatic heterocycles. The molecule has 156 valence electrons. The van der Waals surface area contributed by atoms with Gasteiger partial charge < -0.3 is 16.4 Å². The maximum Gasteiger partial charge on any atom is 0.229 e. The number of aryl methyl sites for hydroxylation is 1. The molecule has 0 spiro atoms. The number of nitrogens with two attached hydrogens (primary N) is 1. The van der Waals surface area contributed by atoms with Crippen molar-refractivity contribution in [3.05, 3.63) is 76.5 Å². The highest BCUT2D eigenvalue weighted by atomic mass is 35.5. The normalized spacial score (nSPS) is 11.8. The molecule has 0 radical (unpaired) electrons. The van der Waals surface area contributed by atoms with E-state index in [2.05, 4.69) is 30.7 Å². The summed E-state index contributed by atoms with van der Waals surface area (Å²) in [5, 5.41) is 9.99. The van der Waals surface area contributed by atoms with Gasteiger partial charge in [0.05, 0.1) is 24.6 Å². The molecule has 8 nitrogen and oxygen atoms in total. The zero-order valence-electron chi connectivity index (χ0n) is 16.0. The lowest BCUT2D eigenvalue weighted by atomic mass is 10.2. The minimum Gasteiger partial charge on any atom is -0.403 e. The van der Waals surface area contributed by atoms with Gasteiger partial charge in [0.2, 0.25) is 5.95 Å². The molecule has 0 bridgehead atoms. The number of benzene rings is 1. The summed E-state index contributed by atoms with van der Waals surface area (Å²) in [5.41, 5.74) is 6.90. The van der Waals surface area contributed by atoms with E-state index in [1.54, 1.807) is 10.9 Å². The van der Waals surface area contributed by atoms with E-state index in [1.165, 1.54) is 36.8 Å². The molecule has 0 aliphatic rings. The lowest BCUT2D eigenvalue weighted by Crippen LogP contribution is -2.10. The van der Waals surface area contributed by atoms with Gasteiger partial charge >= 0.3 is 0 Å². The standard InChI is InChI=1S/C19H19ClF2N8/c1-30-11-12(7-27-30)6-24-8-13(5-23)28-19-26-10-15(20)18(29-19)25-9-14-16(21)3-2-4-17(14)22/h2-5,7-8,10-11H,6,9,23H2,1H3,(H2,25,26,28,29). The van der Waals surface area contributed by atoms with Gasteiger partial charge in [-0.3, -0.25) is 9.67 Å². The number of allylic oxidation sites excluding steroid dienone is 1. The van der Waals surface area contributed by atoms with Crippen LogP contribution in [0.3, 0.4) is 0 Å². The predicted molar refractivity (Wildman–Crippen MR) is 112 cm³/mol. The zero-order chi connectivity index (χ0) is 21.5. The number of nitrogens with one attached hydrogen (secondary N) is 2. The van der Waals surface area contributed by atoms with Crippen LogP contribution in [0.25, 0.3) is 0 Å². The van der Waals surface area contributed by atoms with Gasteiger partial charge in [0.25, 0.3) is 0 Å². The monoisotopic (exact) mass is 432 g/mol. The van der Waals surface area contributed by atoms with Gasteiger partial charge in [-0.2, -0.15) is 10.1 Å². The van der Waals surface area contributed by atoms with Crippen molar-refractivity contribution in [3.63, 3.8) is 0 Å². The molecule has 0 saturated carbocycles. The first-order chi connectivity index (χ1) is 14.5. The highest BCUT2D eigenvalue weighted by Crippen LogP contribution is 2.22. The Morgan fingerprint density at radius 1 is 1.30 bits per heavy atom. The van der Waals surface area contributed by atoms with Crippen molar-refractivity contribution in [2.75, 3.05) is 10.6 Å². The second kappa shape index (κ2) is 9.79. The molecule has 0 atom stereocenters. The third-order valence-electron chi connectivity index (χ3n) is 3.94. The fourth-order valence-corrected chi connectivity index (χ4v) is 2.63. The number of hydrogen-bond acceptors (Lipinski definition) is 7. The molecular formula is C19H19ClF2N8. The van der Waals surface area contributed by atoms with Crippen LogP contribution in [0.15, 0.2) is 53.7 Å². The van der Waals surface area contributed by atoms with Gasteiger partial charge in [-0.25, -0.2) is 13.8 Å². The van der Waals surface area contributed by atoms with Crippen molar-refractivity contribution in [2.45, 2.75) is 13.1 Å². The molecule has 0 unspecified atom stereocenters. The molecule has 4 N–H and O–H groups in total. The summed E-state index contributed by atoms with van der Waals surface area (Å²) in [7, 11) is 1.82. The minimum atomic E-state index is -0.663. The van der Waals surface area contributed by atoms with Crippen LogP contribution in [0.5, 0.6) is 0 Å². The quantitative estimate of drug-likeness (QED) is 0.472. The largest absolute Gasteiger partial charge is 0.403 e. The van der Waals surface area contributed by atoms with Crippen molar-refractivity contribution >= 4 is 29.6 Å². The lowest BCUT2D eigenvalue weighted by molar-refractivity contribution is 0.560. The summed E-state index contributed by atoms with van der Waals surface area (Å²) in [6.45, 7) is 0.288. The van der Waals surface area contributed by atoms with Gasteiger partial charge in [-0.1, -0.05) is 17.7 Å². The van der Waals surface area contributed by atoms with Crippen LogP contribution in [0, 0.1) is 11.6 Å². The number of aliphatic imine (C=N–C) groups is 1. The summed E-state index contributed by atoms with van der Waals surface area (Å²) >= 11 is 6.09. The van der Waals surface area contributed by atoms with Crippen LogP contribution in [-0.2, 0) is 20.1 Å². The van der Waals surface area contributed by atoms with E-state index >= 15 is 0 Å². The summed E-state index contributed by atoms with van der Waals surface area (Å²) in [5.74, 6) is -0.936. The van der Waals surface area contributed by atoms with Gasteiger partial charge in [-0.15, -0.1) is 0 Å². The van der Waals surface area contributed by atoms with Crippen LogP contribution < -0.4 is 16.4 Å². The summed E-state index contributed by atoms with van der Waals surface area (Å²) in [4.78, 5) is 12.6. The van der Waals surface area contributed by atoms with Crippen LogP contribution in [0.4, 0.5) is 20.5 Å². The summed E-state index contributed by atoms with van der Waals surface area (Å²) in [6, 6.07) is 3.65. The lowest BCUT2D eigenvalue weighted by Gasteiger charge is -2.11. The Morgan fingerprint density at radius 3 is 2.73 bits per heavy atom. The third kappa shape index (κ3) is 5.51. The number of hydrogen-bond donors (Lipinski definition) is 3. The molecule has 0 fully saturated rings. The third-order valence-corrected chi connectivity index (χ3v) is 4.21. The van der Waals surface area contributed by atoms with E-state index in [-0.39, 0.29) is 28.9 Å². The number of rotatable bonds is 8. The van der Waals surface area contributed by atoms with Crippen molar-refractivity contribution in [2.24, 2.45) is 17.8 Å². The Bertz CT molecular complexity index is 1060. The highest BCUT2D eigenvalue weighted by Gasteiger charge is 2.11. The smallest absolute Gasteiger partial charge is 0.229 e. The van der Waals surface area contributed by atoms with E-state index in [0.29, 0.717) is 12.2 Å². The van der Waals surface area contributed by atoms with Gasteiger partial charge in [0.1, 0.15) is 16.7 Å². The second-order valence-electron chi connectivity index (χ2n) is 6.18. The van der Waals surface area contributed by atoms with Crippen molar-refractivity contribution in [3.8, 4) is 0 Å². The molecule has 0 saturated heterocycles. The number of aromatic nitrogens is 4. The van der Waals surface area contributed by atoms with E-state index in [1.807, 2.05) is 13.2 Å². The SMILES string of the molecule is Cn1cc(CN=CC(=CN)Nc2ncc(Cl)c(NCc3c(F)cccc3F)n2)cn1. The summed E-state index contributed by atoms with van der Waals surface area (Å²) < 4.78 is 29.3. The molecule has 11 heteroatoms. The van der Waals surface area contributed by atoms with Crippen molar-refractivity contribution in [1.29, 1.82) is 0 Å². The molecular weight excluding hydrogens is 414 g/mol. The first-order valence-corrected chi connectivity index (χ1v) is 9.19. The Kier molecular flexibility index (Phi) is 6.91. The van der Waals surface area contributed by atoms with E-state index in [0.717, 1.165) is 5.56 Å². The topological polar surface area (TPSA) is 106 Å². The van der Waals surface area contributed by atoms with E-state index in [4.69, 9.17) is 17.3 Å². The van der Waals surface area contributed by atoms with Gasteiger partial charge in [-0.05, 0) is 12.1 Å². The molecule has 3 aromatic rings. The van der Waals surface area contributed by atoms with Crippen LogP contribution in [0.1, 0.15) is 11.1 Å². The summed E-state index contributed by atoms with van der Waals surface area (Å²) in [6.07, 6.45) is 7.78. The van der Waals surface area contributed by atoms with Gasteiger partial charge in [0, 0.05) is 43.3 Å². The molecule has 0 amide bonds. The van der Waals surface area contributed by atoms with Gasteiger partial charge in [0.15, 0.2) is 5.82 Å². The van der Waals surface area contributed by atoms with E-state index < -0.39 is 11.6 Å². The molecule has 2 heterocycles. The Hall–Kier alpha value is -3.53. The van der Waals surface area contributed by atoms with Crippen LogP contribution >= 0.6 is 11.6 Å². The average molecular weight is 433 g/mol. The minimum absolute atomic E-state index is 0.119. The molecule has 0 aliphatic heterocycles. The molecule has 0 aliphatic carbocycles. The maximum atomic E-state index is 13.8. The second-order valence-corrected chi connectivity index (χ2v) is 6.59. The number of nitrogens with zero attached hydrogens (tertiary/aromatic N) is 5. The molecule has 1 aromatic carbocycles. The fraction of sp³-hybridized carbons (Fsp3) is 0.158. The van der Waals surface area contributed by atoms with Crippen LogP contribution in [-0.4, -0.2) is 26.0 Å². The zero-order valence-corrected chi connectivity index (χ0v) is 16.7. The molecule has 30 heavy (non-hydrogen) atoms. The van der Waals surface area contributed by atoms with Crippen molar-refractivity contribution < 1.29 is 8.78 Å². The fourth-order valence-electron chi connectivity index (χ4n) is 2.47. The van der Waals surface area contributed by atoms with E-state index in [9.17, 15) is 8.78 Å². The first-order valence-electron chi connectivity index (χ1n) is 8.82. The Morgan fingerprint density at radius 2 is 2.07 bits per heavy atom. The highest BCUT2D eigenvalue weighted by molar-refractivity contribution is 6.32. The Balaban J connectivity index is 1.66. The van der Waals surface area contributed by atoms with Crippen LogP contribution in [0.2, 0.25) is 5.02 Å². The first kappa shape index (κ1) is 21.2.